The smallest absolute Gasteiger partial charge is 0.324 e. The lowest BCUT2D eigenvalue weighted by atomic mass is 10.3. The quantitative estimate of drug-likeness (QED) is 0.657. The van der Waals surface area contributed by atoms with Crippen LogP contribution in [0, 0.1) is 5.82 Å². The minimum absolute atomic E-state index is 0.0841. The van der Waals surface area contributed by atoms with E-state index in [0.29, 0.717) is 6.07 Å². The summed E-state index contributed by atoms with van der Waals surface area (Å²) in [6, 6.07) is 5.55. The van der Waals surface area contributed by atoms with Crippen molar-refractivity contribution >= 4 is 21.4 Å². The van der Waals surface area contributed by atoms with Crippen LogP contribution in [0.25, 0.3) is 0 Å². The van der Waals surface area contributed by atoms with Gasteiger partial charge in [0.15, 0.2) is 9.84 Å². The molecule has 1 aromatic carbocycles. The third-order valence-corrected chi connectivity index (χ3v) is 5.37. The molecule has 0 spiro atoms. The van der Waals surface area contributed by atoms with Crippen molar-refractivity contribution in [3.8, 4) is 0 Å². The SMILES string of the molecule is CC(C(=O)Nc1ccc(C(F)(F)F)nc1)S(=O)(=O)c1ccc(F)cc1. The molecule has 2 aromatic rings. The molecule has 1 amide bonds. The van der Waals surface area contributed by atoms with Crippen LogP contribution in [-0.2, 0) is 20.8 Å². The molecule has 1 unspecified atom stereocenters. The molecule has 0 saturated heterocycles. The molecule has 134 valence electrons. The van der Waals surface area contributed by atoms with E-state index >= 15 is 0 Å². The van der Waals surface area contributed by atoms with Crippen LogP contribution in [0.15, 0.2) is 47.5 Å². The Morgan fingerprint density at radius 3 is 2.20 bits per heavy atom. The van der Waals surface area contributed by atoms with Crippen molar-refractivity contribution in [2.45, 2.75) is 23.2 Å². The number of hydrogen-bond donors (Lipinski definition) is 1. The highest BCUT2D eigenvalue weighted by Crippen LogP contribution is 2.28. The number of anilines is 1. The van der Waals surface area contributed by atoms with E-state index in [0.717, 1.165) is 43.5 Å². The number of nitrogens with zero attached hydrogens (tertiary/aromatic N) is 1. The number of hydrogen-bond acceptors (Lipinski definition) is 4. The topological polar surface area (TPSA) is 76.1 Å². The van der Waals surface area contributed by atoms with Crippen molar-refractivity contribution in [2.75, 3.05) is 5.32 Å². The van der Waals surface area contributed by atoms with Crippen LogP contribution in [-0.4, -0.2) is 24.6 Å². The van der Waals surface area contributed by atoms with Crippen molar-refractivity contribution < 1.29 is 30.8 Å². The fraction of sp³-hybridized carbons (Fsp3) is 0.200. The van der Waals surface area contributed by atoms with Gasteiger partial charge >= 0.3 is 6.18 Å². The highest BCUT2D eigenvalue weighted by Gasteiger charge is 2.33. The van der Waals surface area contributed by atoms with Gasteiger partial charge in [-0.25, -0.2) is 17.8 Å². The minimum Gasteiger partial charge on any atom is -0.324 e. The van der Waals surface area contributed by atoms with Gasteiger partial charge in [0.05, 0.1) is 16.8 Å². The predicted octanol–water partition coefficient (Wildman–Crippen LogP) is 3.04. The summed E-state index contributed by atoms with van der Waals surface area (Å²) in [7, 11) is -4.09. The van der Waals surface area contributed by atoms with Crippen LogP contribution in [0.1, 0.15) is 12.6 Å². The normalized spacial score (nSPS) is 13.3. The van der Waals surface area contributed by atoms with Crippen LogP contribution in [0.3, 0.4) is 0 Å². The van der Waals surface area contributed by atoms with E-state index in [2.05, 4.69) is 10.3 Å². The maximum Gasteiger partial charge on any atom is 0.433 e. The summed E-state index contributed by atoms with van der Waals surface area (Å²) in [6.07, 6.45) is -3.85. The summed E-state index contributed by atoms with van der Waals surface area (Å²) >= 11 is 0. The first-order chi connectivity index (χ1) is 11.5. The van der Waals surface area contributed by atoms with E-state index < -0.39 is 38.7 Å². The Morgan fingerprint density at radius 2 is 1.72 bits per heavy atom. The van der Waals surface area contributed by atoms with Gasteiger partial charge in [-0.2, -0.15) is 13.2 Å². The van der Waals surface area contributed by atoms with Gasteiger partial charge in [-0.05, 0) is 43.3 Å². The number of halogens is 4. The van der Waals surface area contributed by atoms with Gasteiger partial charge in [-0.3, -0.25) is 4.79 Å². The Labute approximate surface area is 140 Å². The van der Waals surface area contributed by atoms with Crippen LogP contribution in [0.2, 0.25) is 0 Å². The van der Waals surface area contributed by atoms with Crippen molar-refractivity contribution in [1.82, 2.24) is 4.98 Å². The molecule has 0 saturated carbocycles. The zero-order valence-corrected chi connectivity index (χ0v) is 13.5. The second-order valence-electron chi connectivity index (χ2n) is 5.06. The maximum absolute atomic E-state index is 12.9. The first kappa shape index (κ1) is 18.8. The van der Waals surface area contributed by atoms with Crippen LogP contribution < -0.4 is 5.32 Å². The van der Waals surface area contributed by atoms with E-state index in [1.54, 1.807) is 0 Å². The number of pyridine rings is 1. The lowest BCUT2D eigenvalue weighted by molar-refractivity contribution is -0.141. The number of alkyl halides is 3. The number of aromatic nitrogens is 1. The molecule has 0 fully saturated rings. The van der Waals surface area contributed by atoms with Crippen molar-refractivity contribution in [3.05, 3.63) is 54.1 Å². The summed E-state index contributed by atoms with van der Waals surface area (Å²) in [6.45, 7) is 1.12. The molecule has 0 bridgehead atoms. The Morgan fingerprint density at radius 1 is 1.12 bits per heavy atom. The van der Waals surface area contributed by atoms with Gasteiger partial charge in [0.1, 0.15) is 16.8 Å². The van der Waals surface area contributed by atoms with Gasteiger partial charge < -0.3 is 5.32 Å². The number of amides is 1. The molecule has 1 aromatic heterocycles. The van der Waals surface area contributed by atoms with Gasteiger partial charge in [-0.15, -0.1) is 0 Å². The molecule has 10 heteroatoms. The molecule has 0 aliphatic rings. The predicted molar refractivity (Wildman–Crippen MR) is 80.9 cm³/mol. The summed E-state index contributed by atoms with van der Waals surface area (Å²) in [5.74, 6) is -1.59. The molecule has 1 atom stereocenters. The Kier molecular flexibility index (Phi) is 5.12. The van der Waals surface area contributed by atoms with E-state index in [1.807, 2.05) is 0 Å². The lowest BCUT2D eigenvalue weighted by Crippen LogP contribution is -2.32. The van der Waals surface area contributed by atoms with Crippen molar-refractivity contribution in [1.29, 1.82) is 0 Å². The van der Waals surface area contributed by atoms with Crippen molar-refractivity contribution in [3.63, 3.8) is 0 Å². The number of carbonyl (C=O) groups is 1. The highest BCUT2D eigenvalue weighted by molar-refractivity contribution is 7.92. The van der Waals surface area contributed by atoms with E-state index in [9.17, 15) is 30.8 Å². The number of sulfone groups is 1. The number of nitrogens with one attached hydrogen (secondary N) is 1. The number of carbonyl (C=O) groups excluding carboxylic acids is 1. The van der Waals surface area contributed by atoms with Gasteiger partial charge in [0, 0.05) is 0 Å². The molecule has 0 aliphatic carbocycles. The minimum atomic E-state index is -4.62. The second kappa shape index (κ2) is 6.79. The lowest BCUT2D eigenvalue weighted by Gasteiger charge is -2.14. The monoisotopic (exact) mass is 376 g/mol. The third-order valence-electron chi connectivity index (χ3n) is 3.30. The molecule has 2 rings (SSSR count). The Balaban J connectivity index is 2.15. The summed E-state index contributed by atoms with van der Waals surface area (Å²) < 4.78 is 74.8. The molecule has 5 nitrogen and oxygen atoms in total. The first-order valence-corrected chi connectivity index (χ1v) is 8.40. The average molecular weight is 376 g/mol. The highest BCUT2D eigenvalue weighted by atomic mass is 32.2. The second-order valence-corrected chi connectivity index (χ2v) is 7.33. The zero-order chi connectivity index (χ0) is 18.8. The summed E-state index contributed by atoms with van der Waals surface area (Å²) in [5, 5.41) is 0.644. The molecule has 25 heavy (non-hydrogen) atoms. The van der Waals surface area contributed by atoms with E-state index in [-0.39, 0.29) is 10.6 Å². The van der Waals surface area contributed by atoms with E-state index in [4.69, 9.17) is 0 Å². The Bertz CT molecular complexity index is 863. The molecule has 1 N–H and O–H groups in total. The third kappa shape index (κ3) is 4.32. The molecule has 1 heterocycles. The maximum atomic E-state index is 12.9. The fourth-order valence-electron chi connectivity index (χ4n) is 1.85. The number of rotatable bonds is 4. The zero-order valence-electron chi connectivity index (χ0n) is 12.7. The van der Waals surface area contributed by atoms with E-state index in [1.165, 1.54) is 0 Å². The Hall–Kier alpha value is -2.49. The molecule has 0 aliphatic heterocycles. The average Bonchev–Trinajstić information content (AvgIpc) is 2.54. The van der Waals surface area contributed by atoms with Gasteiger partial charge in [0.25, 0.3) is 0 Å². The summed E-state index contributed by atoms with van der Waals surface area (Å²) in [4.78, 5) is 15.0. The van der Waals surface area contributed by atoms with Gasteiger partial charge in [0.2, 0.25) is 5.91 Å². The van der Waals surface area contributed by atoms with Crippen LogP contribution in [0.4, 0.5) is 23.2 Å². The largest absolute Gasteiger partial charge is 0.433 e. The van der Waals surface area contributed by atoms with Crippen LogP contribution >= 0.6 is 0 Å². The standard InChI is InChI=1S/C15H12F4N2O3S/c1-9(25(23,24)12-5-2-10(16)3-6-12)14(22)21-11-4-7-13(20-8-11)15(17,18)19/h2-9H,1H3,(H,21,22). The van der Waals surface area contributed by atoms with Crippen molar-refractivity contribution in [2.24, 2.45) is 0 Å². The summed E-state index contributed by atoms with van der Waals surface area (Å²) in [5.41, 5.74) is -1.23. The fourth-order valence-corrected chi connectivity index (χ4v) is 3.11. The van der Waals surface area contributed by atoms with Gasteiger partial charge in [-0.1, -0.05) is 0 Å². The molecular weight excluding hydrogens is 364 g/mol. The van der Waals surface area contributed by atoms with Crippen LogP contribution in [0.5, 0.6) is 0 Å². The molecular formula is C15H12F4N2O3S. The first-order valence-electron chi connectivity index (χ1n) is 6.85. The number of benzene rings is 1. The molecule has 0 radical (unpaired) electrons.